The summed E-state index contributed by atoms with van der Waals surface area (Å²) in [5.41, 5.74) is 0.705. The van der Waals surface area contributed by atoms with Crippen molar-refractivity contribution in [3.05, 3.63) is 29.8 Å². The highest BCUT2D eigenvalue weighted by molar-refractivity contribution is 7.98. The number of aliphatic hydroxyl groups is 1. The van der Waals surface area contributed by atoms with Crippen LogP contribution in [0.3, 0.4) is 0 Å². The van der Waals surface area contributed by atoms with Gasteiger partial charge in [0.1, 0.15) is 0 Å². The van der Waals surface area contributed by atoms with Crippen LogP contribution in [0.4, 0.5) is 0 Å². The van der Waals surface area contributed by atoms with Crippen LogP contribution in [0, 0.1) is 5.92 Å². The van der Waals surface area contributed by atoms with Crippen LogP contribution in [0.1, 0.15) is 36.5 Å². The Morgan fingerprint density at radius 1 is 1.42 bits per heavy atom. The van der Waals surface area contributed by atoms with Gasteiger partial charge in [0.05, 0.1) is 6.10 Å². The first-order valence-electron chi connectivity index (χ1n) is 6.77. The van der Waals surface area contributed by atoms with Gasteiger partial charge in [-0.25, -0.2) is 0 Å². The molecule has 2 N–H and O–H groups in total. The van der Waals surface area contributed by atoms with Crippen LogP contribution in [0.5, 0.6) is 0 Å². The van der Waals surface area contributed by atoms with E-state index in [2.05, 4.69) is 12.2 Å². The number of thioether (sulfide) groups is 1. The summed E-state index contributed by atoms with van der Waals surface area (Å²) < 4.78 is 0. The summed E-state index contributed by atoms with van der Waals surface area (Å²) in [4.78, 5) is 13.3. The normalized spacial score (nSPS) is 23.5. The van der Waals surface area contributed by atoms with Crippen LogP contribution in [0.15, 0.2) is 29.2 Å². The highest BCUT2D eigenvalue weighted by Crippen LogP contribution is 2.31. The number of carbonyl (C=O) groups is 1. The van der Waals surface area contributed by atoms with Gasteiger partial charge in [0, 0.05) is 16.5 Å². The lowest BCUT2D eigenvalue weighted by atomic mass is 9.76. The van der Waals surface area contributed by atoms with Crippen LogP contribution in [-0.4, -0.2) is 29.4 Å². The quantitative estimate of drug-likeness (QED) is 0.815. The van der Waals surface area contributed by atoms with Crippen molar-refractivity contribution in [3.8, 4) is 0 Å². The molecule has 4 heteroatoms. The lowest BCUT2D eigenvalue weighted by Gasteiger charge is -2.37. The molecule has 19 heavy (non-hydrogen) atoms. The third kappa shape index (κ3) is 3.51. The van der Waals surface area contributed by atoms with Gasteiger partial charge in [-0.1, -0.05) is 6.92 Å². The molecule has 3 nitrogen and oxygen atoms in total. The first-order valence-corrected chi connectivity index (χ1v) is 7.99. The van der Waals surface area contributed by atoms with Crippen molar-refractivity contribution in [1.29, 1.82) is 0 Å². The number of aliphatic hydroxyl groups excluding tert-OH is 1. The molecule has 1 amide bonds. The van der Waals surface area contributed by atoms with E-state index in [1.165, 1.54) is 0 Å². The Bertz CT molecular complexity index is 426. The Kier molecular flexibility index (Phi) is 4.88. The number of benzene rings is 1. The van der Waals surface area contributed by atoms with E-state index in [9.17, 15) is 9.90 Å². The third-order valence-electron chi connectivity index (χ3n) is 3.83. The lowest BCUT2D eigenvalue weighted by molar-refractivity contribution is 0.0232. The van der Waals surface area contributed by atoms with Crippen molar-refractivity contribution < 1.29 is 9.90 Å². The Hall–Kier alpha value is -1.00. The lowest BCUT2D eigenvalue weighted by Crippen LogP contribution is -2.46. The van der Waals surface area contributed by atoms with Crippen LogP contribution < -0.4 is 5.32 Å². The fourth-order valence-electron chi connectivity index (χ4n) is 2.51. The van der Waals surface area contributed by atoms with Gasteiger partial charge in [-0.3, -0.25) is 4.79 Å². The predicted octanol–water partition coefficient (Wildman–Crippen LogP) is 2.69. The molecule has 104 valence electrons. The summed E-state index contributed by atoms with van der Waals surface area (Å²) in [6, 6.07) is 7.84. The van der Waals surface area contributed by atoms with E-state index in [1.54, 1.807) is 11.8 Å². The summed E-state index contributed by atoms with van der Waals surface area (Å²) >= 11 is 1.67. The molecule has 0 unspecified atom stereocenters. The van der Waals surface area contributed by atoms with Gasteiger partial charge in [-0.2, -0.15) is 0 Å². The molecule has 0 aliphatic heterocycles. The van der Waals surface area contributed by atoms with E-state index in [0.717, 1.165) is 24.2 Å². The van der Waals surface area contributed by atoms with Gasteiger partial charge in [0.25, 0.3) is 5.91 Å². The molecule has 0 heterocycles. The second-order valence-electron chi connectivity index (χ2n) is 5.10. The number of hydrogen-bond acceptors (Lipinski definition) is 3. The number of hydrogen-bond donors (Lipinski definition) is 2. The first kappa shape index (κ1) is 14.4. The van der Waals surface area contributed by atoms with Gasteiger partial charge < -0.3 is 10.4 Å². The molecule has 1 aliphatic carbocycles. The zero-order chi connectivity index (χ0) is 13.8. The minimum atomic E-state index is -0.170. The Morgan fingerprint density at radius 3 is 2.53 bits per heavy atom. The van der Waals surface area contributed by atoms with Crippen molar-refractivity contribution in [2.24, 2.45) is 5.92 Å². The van der Waals surface area contributed by atoms with E-state index < -0.39 is 0 Å². The van der Waals surface area contributed by atoms with Crippen molar-refractivity contribution in [2.45, 2.75) is 43.2 Å². The number of amides is 1. The third-order valence-corrected chi connectivity index (χ3v) is 4.57. The molecule has 1 fully saturated rings. The molecule has 1 aromatic carbocycles. The molecular formula is C15H21NO2S. The Morgan fingerprint density at radius 2 is 2.05 bits per heavy atom. The van der Waals surface area contributed by atoms with Crippen molar-refractivity contribution in [1.82, 2.24) is 5.32 Å². The molecule has 1 atom stereocenters. The summed E-state index contributed by atoms with van der Waals surface area (Å²) in [5.74, 6) is 0.412. The van der Waals surface area contributed by atoms with E-state index >= 15 is 0 Å². The summed E-state index contributed by atoms with van der Waals surface area (Å²) in [6.45, 7) is 2.08. The molecule has 0 aromatic heterocycles. The number of nitrogens with one attached hydrogen (secondary N) is 1. The van der Waals surface area contributed by atoms with Crippen LogP contribution in [0.2, 0.25) is 0 Å². The number of carbonyl (C=O) groups excluding carboxylic acids is 1. The van der Waals surface area contributed by atoms with E-state index in [0.29, 0.717) is 11.5 Å². The standard InChI is InChI=1S/C15H21NO2S/c1-3-14(11-8-12(17)9-11)16-15(18)10-4-6-13(19-2)7-5-10/h4-7,11-12,14,17H,3,8-9H2,1-2H3,(H,16,18)/t11?,12?,14-/m1/s1. The highest BCUT2D eigenvalue weighted by Gasteiger charge is 2.33. The second-order valence-corrected chi connectivity index (χ2v) is 5.98. The van der Waals surface area contributed by atoms with Gasteiger partial charge in [0.2, 0.25) is 0 Å². The minimum absolute atomic E-state index is 0.0131. The predicted molar refractivity (Wildman–Crippen MR) is 78.5 cm³/mol. The van der Waals surface area contributed by atoms with Crippen molar-refractivity contribution >= 4 is 17.7 Å². The van der Waals surface area contributed by atoms with Crippen LogP contribution in [0.25, 0.3) is 0 Å². The molecule has 1 saturated carbocycles. The molecule has 0 radical (unpaired) electrons. The van der Waals surface area contributed by atoms with E-state index in [-0.39, 0.29) is 18.1 Å². The Balaban J connectivity index is 1.94. The fourth-order valence-corrected chi connectivity index (χ4v) is 2.91. The molecule has 0 spiro atoms. The number of rotatable bonds is 5. The van der Waals surface area contributed by atoms with Gasteiger partial charge in [-0.05, 0) is 55.7 Å². The summed E-state index contributed by atoms with van der Waals surface area (Å²) in [7, 11) is 0. The van der Waals surface area contributed by atoms with Gasteiger partial charge in [0.15, 0.2) is 0 Å². The molecule has 2 rings (SSSR count). The second kappa shape index (κ2) is 6.44. The maximum absolute atomic E-state index is 12.2. The fraction of sp³-hybridized carbons (Fsp3) is 0.533. The average Bonchev–Trinajstić information content (AvgIpc) is 2.41. The summed E-state index contributed by atoms with van der Waals surface area (Å²) in [5, 5.41) is 12.4. The SMILES string of the molecule is CC[C@@H](NC(=O)c1ccc(SC)cc1)C1CC(O)C1. The smallest absolute Gasteiger partial charge is 0.251 e. The van der Waals surface area contributed by atoms with Crippen molar-refractivity contribution in [2.75, 3.05) is 6.26 Å². The maximum Gasteiger partial charge on any atom is 0.251 e. The van der Waals surface area contributed by atoms with E-state index in [4.69, 9.17) is 0 Å². The largest absolute Gasteiger partial charge is 0.393 e. The van der Waals surface area contributed by atoms with Gasteiger partial charge >= 0.3 is 0 Å². The first-order chi connectivity index (χ1) is 9.13. The highest BCUT2D eigenvalue weighted by atomic mass is 32.2. The van der Waals surface area contributed by atoms with Gasteiger partial charge in [-0.15, -0.1) is 11.8 Å². The average molecular weight is 279 g/mol. The molecule has 0 saturated heterocycles. The minimum Gasteiger partial charge on any atom is -0.393 e. The van der Waals surface area contributed by atoms with Crippen molar-refractivity contribution in [3.63, 3.8) is 0 Å². The molecular weight excluding hydrogens is 258 g/mol. The topological polar surface area (TPSA) is 49.3 Å². The monoisotopic (exact) mass is 279 g/mol. The summed E-state index contributed by atoms with van der Waals surface area (Å²) in [6.07, 6.45) is 4.38. The zero-order valence-corrected chi connectivity index (χ0v) is 12.2. The maximum atomic E-state index is 12.2. The van der Waals surface area contributed by atoms with Crippen LogP contribution >= 0.6 is 11.8 Å². The Labute approximate surface area is 118 Å². The molecule has 1 aromatic rings. The zero-order valence-electron chi connectivity index (χ0n) is 11.4. The van der Waals surface area contributed by atoms with E-state index in [1.807, 2.05) is 30.5 Å². The van der Waals surface area contributed by atoms with Crippen LogP contribution in [-0.2, 0) is 0 Å². The molecule has 0 bridgehead atoms. The molecule has 1 aliphatic rings.